The number of carbonyl (C=O) groups excluding carboxylic acids is 1. The molecule has 0 aliphatic rings. The fourth-order valence-corrected chi connectivity index (χ4v) is 1.43. The van der Waals surface area contributed by atoms with Gasteiger partial charge in [0.2, 0.25) is 0 Å². The Balaban J connectivity index is 2.99. The lowest BCUT2D eigenvalue weighted by molar-refractivity contribution is 0.0793. The fraction of sp³-hybridized carbons (Fsp3) is 0.286. The molecule has 0 aromatic heterocycles. The third-order valence-corrected chi connectivity index (χ3v) is 2.41. The van der Waals surface area contributed by atoms with Gasteiger partial charge in [0.1, 0.15) is 12.4 Å². The van der Waals surface area contributed by atoms with E-state index >= 15 is 0 Å². The number of halogens is 1. The average Bonchev–Trinajstić information content (AvgIpc) is 2.43. The van der Waals surface area contributed by atoms with Crippen LogP contribution >= 0.6 is 0 Å². The zero-order chi connectivity index (χ0) is 14.3. The minimum absolute atomic E-state index is 0.0924. The number of hydrogen-bond donors (Lipinski definition) is 1. The Hall–Kier alpha value is -2.37. The van der Waals surface area contributed by atoms with E-state index in [0.29, 0.717) is 5.56 Å². The van der Waals surface area contributed by atoms with Crippen molar-refractivity contribution < 1.29 is 14.3 Å². The number of nitriles is 1. The Morgan fingerprint density at radius 1 is 1.53 bits per heavy atom. The molecule has 4 nitrogen and oxygen atoms in total. The molecule has 0 atom stereocenters. The summed E-state index contributed by atoms with van der Waals surface area (Å²) in [5.41, 5.74) is 0.359. The summed E-state index contributed by atoms with van der Waals surface area (Å²) >= 11 is 0. The van der Waals surface area contributed by atoms with Crippen molar-refractivity contribution in [1.29, 1.82) is 5.26 Å². The van der Waals surface area contributed by atoms with Crippen LogP contribution in [0.15, 0.2) is 18.2 Å². The Morgan fingerprint density at radius 2 is 2.26 bits per heavy atom. The largest absolute Gasteiger partial charge is 0.384 e. The normalized spacial score (nSPS) is 9.16. The van der Waals surface area contributed by atoms with Gasteiger partial charge in [0.25, 0.3) is 5.91 Å². The lowest BCUT2D eigenvalue weighted by Gasteiger charge is -2.15. The molecule has 98 valence electrons. The van der Waals surface area contributed by atoms with Crippen LogP contribution in [0, 0.1) is 29.0 Å². The smallest absolute Gasteiger partial charge is 0.256 e. The SMILES string of the molecule is CN(CCC#N)C(=O)c1cc(C#CCO)ccc1F. The van der Waals surface area contributed by atoms with Crippen molar-refractivity contribution in [3.8, 4) is 17.9 Å². The molecular weight excluding hydrogens is 247 g/mol. The number of benzene rings is 1. The molecular formula is C14H13FN2O2. The predicted molar refractivity (Wildman–Crippen MR) is 67.6 cm³/mol. The molecule has 5 heteroatoms. The Kier molecular flexibility index (Phi) is 5.53. The third-order valence-electron chi connectivity index (χ3n) is 2.41. The van der Waals surface area contributed by atoms with Crippen molar-refractivity contribution in [2.45, 2.75) is 6.42 Å². The molecule has 0 aliphatic heterocycles. The van der Waals surface area contributed by atoms with Crippen molar-refractivity contribution in [2.24, 2.45) is 0 Å². The maximum atomic E-state index is 13.6. The molecule has 0 saturated carbocycles. The highest BCUT2D eigenvalue weighted by molar-refractivity contribution is 5.94. The number of rotatable bonds is 3. The summed E-state index contributed by atoms with van der Waals surface area (Å²) < 4.78 is 13.6. The van der Waals surface area contributed by atoms with Crippen LogP contribution < -0.4 is 0 Å². The average molecular weight is 260 g/mol. The molecule has 1 N–H and O–H groups in total. The molecule has 1 rings (SSSR count). The molecule has 0 radical (unpaired) electrons. The van der Waals surface area contributed by atoms with E-state index in [1.54, 1.807) is 0 Å². The van der Waals surface area contributed by atoms with Gasteiger partial charge in [0, 0.05) is 19.2 Å². The van der Waals surface area contributed by atoms with E-state index in [9.17, 15) is 9.18 Å². The van der Waals surface area contributed by atoms with Crippen molar-refractivity contribution in [1.82, 2.24) is 4.90 Å². The summed E-state index contributed by atoms with van der Waals surface area (Å²) in [6.07, 6.45) is 0.188. The standard InChI is InChI=1S/C14H13FN2O2/c1-17(8-3-7-16)14(19)12-10-11(4-2-9-18)5-6-13(12)15/h5-6,10,18H,3,8-9H2,1H3. The first-order valence-electron chi connectivity index (χ1n) is 5.62. The number of aliphatic hydroxyl groups is 1. The van der Waals surface area contributed by atoms with Crippen LogP contribution in [0.25, 0.3) is 0 Å². The first kappa shape index (κ1) is 14.7. The highest BCUT2D eigenvalue weighted by atomic mass is 19.1. The summed E-state index contributed by atoms with van der Waals surface area (Å²) in [5, 5.41) is 17.1. The van der Waals surface area contributed by atoms with E-state index < -0.39 is 11.7 Å². The maximum Gasteiger partial charge on any atom is 0.256 e. The summed E-state index contributed by atoms with van der Waals surface area (Å²) in [7, 11) is 1.51. The Bertz CT molecular complexity index is 567. The quantitative estimate of drug-likeness (QED) is 0.829. The van der Waals surface area contributed by atoms with E-state index in [-0.39, 0.29) is 25.1 Å². The molecule has 1 aromatic rings. The third kappa shape index (κ3) is 4.09. The van der Waals surface area contributed by atoms with Gasteiger partial charge < -0.3 is 10.0 Å². The highest BCUT2D eigenvalue weighted by Crippen LogP contribution is 2.12. The predicted octanol–water partition coefficient (Wildman–Crippen LogP) is 1.16. The molecule has 0 fully saturated rings. The first-order chi connectivity index (χ1) is 9.10. The number of carbonyl (C=O) groups is 1. The molecule has 19 heavy (non-hydrogen) atoms. The zero-order valence-corrected chi connectivity index (χ0v) is 10.5. The minimum atomic E-state index is -0.636. The van der Waals surface area contributed by atoms with Gasteiger partial charge in [-0.05, 0) is 18.2 Å². The van der Waals surface area contributed by atoms with Gasteiger partial charge in [-0.2, -0.15) is 5.26 Å². The van der Waals surface area contributed by atoms with Crippen LogP contribution in [0.3, 0.4) is 0 Å². The van der Waals surface area contributed by atoms with Crippen LogP contribution in [0.1, 0.15) is 22.3 Å². The van der Waals surface area contributed by atoms with E-state index in [0.717, 1.165) is 6.07 Å². The van der Waals surface area contributed by atoms with Gasteiger partial charge in [-0.15, -0.1) is 0 Å². The second-order valence-electron chi connectivity index (χ2n) is 3.79. The van der Waals surface area contributed by atoms with Gasteiger partial charge in [-0.25, -0.2) is 4.39 Å². The maximum absolute atomic E-state index is 13.6. The van der Waals surface area contributed by atoms with Crippen molar-refractivity contribution >= 4 is 5.91 Å². The Labute approximate surface area is 111 Å². The van der Waals surface area contributed by atoms with Crippen molar-refractivity contribution in [2.75, 3.05) is 20.2 Å². The zero-order valence-electron chi connectivity index (χ0n) is 10.5. The highest BCUT2D eigenvalue weighted by Gasteiger charge is 2.16. The van der Waals surface area contributed by atoms with Crippen LogP contribution in [-0.4, -0.2) is 36.1 Å². The van der Waals surface area contributed by atoms with E-state index in [1.807, 2.05) is 6.07 Å². The summed E-state index contributed by atoms with van der Waals surface area (Å²) in [5.74, 6) is 3.90. The second-order valence-corrected chi connectivity index (χ2v) is 3.79. The van der Waals surface area contributed by atoms with E-state index in [2.05, 4.69) is 11.8 Å². The van der Waals surface area contributed by atoms with Crippen molar-refractivity contribution in [3.63, 3.8) is 0 Å². The van der Waals surface area contributed by atoms with Gasteiger partial charge in [0.15, 0.2) is 0 Å². The molecule has 1 amide bonds. The van der Waals surface area contributed by atoms with E-state index in [1.165, 1.54) is 24.1 Å². The lowest BCUT2D eigenvalue weighted by atomic mass is 10.1. The summed E-state index contributed by atoms with van der Waals surface area (Å²) in [6, 6.07) is 5.85. The van der Waals surface area contributed by atoms with Crippen LogP contribution in [0.5, 0.6) is 0 Å². The second kappa shape index (κ2) is 7.15. The summed E-state index contributed by atoms with van der Waals surface area (Å²) in [6.45, 7) is -0.0654. The van der Waals surface area contributed by atoms with Gasteiger partial charge in [-0.3, -0.25) is 4.79 Å². The topological polar surface area (TPSA) is 64.3 Å². The molecule has 0 aliphatic carbocycles. The van der Waals surface area contributed by atoms with Crippen LogP contribution in [0.4, 0.5) is 4.39 Å². The minimum Gasteiger partial charge on any atom is -0.384 e. The fourth-order valence-electron chi connectivity index (χ4n) is 1.43. The van der Waals surface area contributed by atoms with Gasteiger partial charge >= 0.3 is 0 Å². The van der Waals surface area contributed by atoms with Gasteiger partial charge in [0.05, 0.1) is 18.1 Å². The molecule has 1 aromatic carbocycles. The molecule has 0 heterocycles. The van der Waals surface area contributed by atoms with E-state index in [4.69, 9.17) is 10.4 Å². The van der Waals surface area contributed by atoms with Crippen LogP contribution in [0.2, 0.25) is 0 Å². The number of hydrogen-bond acceptors (Lipinski definition) is 3. The number of amides is 1. The molecule has 0 unspecified atom stereocenters. The van der Waals surface area contributed by atoms with Crippen LogP contribution in [-0.2, 0) is 0 Å². The first-order valence-corrected chi connectivity index (χ1v) is 5.62. The number of aliphatic hydroxyl groups excluding tert-OH is 1. The monoisotopic (exact) mass is 260 g/mol. The van der Waals surface area contributed by atoms with Gasteiger partial charge in [-0.1, -0.05) is 11.8 Å². The summed E-state index contributed by atoms with van der Waals surface area (Å²) in [4.78, 5) is 13.3. The Morgan fingerprint density at radius 3 is 2.89 bits per heavy atom. The molecule has 0 spiro atoms. The number of nitrogens with zero attached hydrogens (tertiary/aromatic N) is 2. The lowest BCUT2D eigenvalue weighted by Crippen LogP contribution is -2.28. The molecule has 0 saturated heterocycles. The van der Waals surface area contributed by atoms with Crippen molar-refractivity contribution in [3.05, 3.63) is 35.1 Å². The molecule has 0 bridgehead atoms.